The minimum atomic E-state index is -0.330. The van der Waals surface area contributed by atoms with Crippen molar-refractivity contribution < 1.29 is 0 Å². The van der Waals surface area contributed by atoms with Crippen molar-refractivity contribution in [2.45, 2.75) is 45.7 Å². The monoisotopic (exact) mass is 181 g/mol. The van der Waals surface area contributed by atoms with Crippen LogP contribution in [0.2, 0.25) is 0 Å². The van der Waals surface area contributed by atoms with Gasteiger partial charge in [0.15, 0.2) is 0 Å². The van der Waals surface area contributed by atoms with Crippen molar-refractivity contribution in [2.75, 3.05) is 0 Å². The Morgan fingerprint density at radius 3 is 2.08 bits per heavy atom. The fraction of sp³-hybridized carbons (Fsp3) is 0.700. The molecule has 0 aliphatic rings. The Labute approximate surface area is 80.0 Å². The zero-order chi connectivity index (χ0) is 10.3. The smallest absolute Gasteiger partial charge is 0.0953 e. The van der Waals surface area contributed by atoms with E-state index in [0.29, 0.717) is 0 Å². The molecule has 1 aromatic rings. The molecule has 1 aromatic heterocycles. The van der Waals surface area contributed by atoms with Gasteiger partial charge in [-0.2, -0.15) is 0 Å². The molecular formula is C10H19N3. The van der Waals surface area contributed by atoms with Crippen molar-refractivity contribution in [1.29, 1.82) is 0 Å². The van der Waals surface area contributed by atoms with Crippen LogP contribution in [-0.2, 0) is 11.1 Å². The molecule has 0 saturated carbocycles. The second-order valence-electron chi connectivity index (χ2n) is 5.04. The molecule has 2 N–H and O–H groups in total. The Balaban J connectivity index is 3.19. The predicted octanol–water partition coefficient (Wildman–Crippen LogP) is 1.83. The molecule has 74 valence electrons. The average Bonchev–Trinajstić information content (AvgIpc) is 2.27. The molecule has 0 atom stereocenters. The third-order valence-electron chi connectivity index (χ3n) is 2.02. The van der Waals surface area contributed by atoms with Crippen molar-refractivity contribution >= 4 is 0 Å². The van der Waals surface area contributed by atoms with Crippen LogP contribution in [0.3, 0.4) is 0 Å². The molecule has 0 unspecified atom stereocenters. The summed E-state index contributed by atoms with van der Waals surface area (Å²) in [5.74, 6) is 0. The third-order valence-corrected chi connectivity index (χ3v) is 2.02. The lowest BCUT2D eigenvalue weighted by Crippen LogP contribution is -2.35. The second kappa shape index (κ2) is 2.84. The number of hydrogen-bond acceptors (Lipinski definition) is 2. The molecule has 0 amide bonds. The number of imidazole rings is 1. The van der Waals surface area contributed by atoms with Crippen molar-refractivity contribution in [1.82, 2.24) is 9.55 Å². The summed E-state index contributed by atoms with van der Waals surface area (Å²) in [6.07, 6.45) is 3.68. The Morgan fingerprint density at radius 2 is 1.77 bits per heavy atom. The van der Waals surface area contributed by atoms with Gasteiger partial charge in [0.25, 0.3) is 0 Å². The summed E-state index contributed by atoms with van der Waals surface area (Å²) in [4.78, 5) is 4.14. The third kappa shape index (κ3) is 2.10. The maximum Gasteiger partial charge on any atom is 0.0953 e. The molecular weight excluding hydrogens is 162 g/mol. The van der Waals surface area contributed by atoms with Crippen LogP contribution in [0.15, 0.2) is 12.5 Å². The SMILES string of the molecule is CC(C)(N)c1cncn1C(C)(C)C. The molecule has 3 nitrogen and oxygen atoms in total. The largest absolute Gasteiger partial charge is 0.328 e. The molecule has 1 heterocycles. The first-order valence-corrected chi connectivity index (χ1v) is 4.55. The van der Waals surface area contributed by atoms with Crippen LogP contribution in [0, 0.1) is 0 Å². The first kappa shape index (κ1) is 10.3. The summed E-state index contributed by atoms with van der Waals surface area (Å²) >= 11 is 0. The van der Waals surface area contributed by atoms with E-state index < -0.39 is 0 Å². The molecule has 0 fully saturated rings. The summed E-state index contributed by atoms with van der Waals surface area (Å²) in [5.41, 5.74) is 6.82. The molecule has 13 heavy (non-hydrogen) atoms. The maximum absolute atomic E-state index is 6.04. The number of rotatable bonds is 1. The number of hydrogen-bond donors (Lipinski definition) is 1. The first-order chi connectivity index (χ1) is 5.73. The molecule has 0 radical (unpaired) electrons. The average molecular weight is 181 g/mol. The highest BCUT2D eigenvalue weighted by Gasteiger charge is 2.24. The van der Waals surface area contributed by atoms with Gasteiger partial charge in [0.1, 0.15) is 0 Å². The molecule has 1 rings (SSSR count). The molecule has 0 aromatic carbocycles. The van der Waals surface area contributed by atoms with E-state index in [-0.39, 0.29) is 11.1 Å². The summed E-state index contributed by atoms with van der Waals surface area (Å²) < 4.78 is 2.12. The highest BCUT2D eigenvalue weighted by molar-refractivity contribution is 5.12. The number of nitrogens with two attached hydrogens (primary N) is 1. The molecule has 3 heteroatoms. The molecule has 0 bridgehead atoms. The Kier molecular flexibility index (Phi) is 2.24. The fourth-order valence-corrected chi connectivity index (χ4v) is 1.31. The normalized spacial score (nSPS) is 13.4. The van der Waals surface area contributed by atoms with Crippen molar-refractivity contribution in [3.05, 3.63) is 18.2 Å². The van der Waals surface area contributed by atoms with Gasteiger partial charge in [-0.25, -0.2) is 4.98 Å². The van der Waals surface area contributed by atoms with Gasteiger partial charge in [-0.15, -0.1) is 0 Å². The van der Waals surface area contributed by atoms with E-state index in [1.165, 1.54) is 0 Å². The van der Waals surface area contributed by atoms with E-state index in [4.69, 9.17) is 5.73 Å². The summed E-state index contributed by atoms with van der Waals surface area (Å²) in [7, 11) is 0. The van der Waals surface area contributed by atoms with Crippen molar-refractivity contribution in [2.24, 2.45) is 5.73 Å². The van der Waals surface area contributed by atoms with Crippen LogP contribution in [0.1, 0.15) is 40.3 Å². The standard InChI is InChI=1S/C10H19N3/c1-9(2,3)13-7-12-6-8(13)10(4,5)11/h6-7H,11H2,1-5H3. The van der Waals surface area contributed by atoms with Crippen molar-refractivity contribution in [3.63, 3.8) is 0 Å². The van der Waals surface area contributed by atoms with Gasteiger partial charge in [0.2, 0.25) is 0 Å². The van der Waals surface area contributed by atoms with Crippen LogP contribution >= 0.6 is 0 Å². The van der Waals surface area contributed by atoms with E-state index >= 15 is 0 Å². The quantitative estimate of drug-likeness (QED) is 0.718. The lowest BCUT2D eigenvalue weighted by atomic mass is 10.00. The Morgan fingerprint density at radius 1 is 1.23 bits per heavy atom. The van der Waals surface area contributed by atoms with Gasteiger partial charge in [-0.05, 0) is 34.6 Å². The van der Waals surface area contributed by atoms with Gasteiger partial charge in [-0.1, -0.05) is 0 Å². The van der Waals surface area contributed by atoms with E-state index in [1.54, 1.807) is 0 Å². The minimum Gasteiger partial charge on any atom is -0.328 e. The Bertz CT molecular complexity index is 257. The maximum atomic E-state index is 6.04. The lowest BCUT2D eigenvalue weighted by Gasteiger charge is -2.29. The summed E-state index contributed by atoms with van der Waals surface area (Å²) in [5, 5.41) is 0. The van der Waals surface area contributed by atoms with Crippen LogP contribution in [0.5, 0.6) is 0 Å². The van der Waals surface area contributed by atoms with E-state index in [2.05, 4.69) is 30.3 Å². The molecule has 0 saturated heterocycles. The van der Waals surface area contributed by atoms with Gasteiger partial charge < -0.3 is 10.3 Å². The fourth-order valence-electron chi connectivity index (χ4n) is 1.31. The van der Waals surface area contributed by atoms with Crippen LogP contribution in [-0.4, -0.2) is 9.55 Å². The van der Waals surface area contributed by atoms with Gasteiger partial charge >= 0.3 is 0 Å². The second-order valence-corrected chi connectivity index (χ2v) is 5.04. The molecule has 0 aliphatic heterocycles. The van der Waals surface area contributed by atoms with Crippen molar-refractivity contribution in [3.8, 4) is 0 Å². The molecule has 0 aliphatic carbocycles. The van der Waals surface area contributed by atoms with E-state index in [1.807, 2.05) is 26.4 Å². The lowest BCUT2D eigenvalue weighted by molar-refractivity contribution is 0.355. The first-order valence-electron chi connectivity index (χ1n) is 4.55. The topological polar surface area (TPSA) is 43.8 Å². The number of nitrogens with zero attached hydrogens (tertiary/aromatic N) is 2. The van der Waals surface area contributed by atoms with Gasteiger partial charge in [0.05, 0.1) is 23.8 Å². The van der Waals surface area contributed by atoms with Crippen LogP contribution in [0.25, 0.3) is 0 Å². The van der Waals surface area contributed by atoms with Gasteiger partial charge in [0, 0.05) is 5.54 Å². The zero-order valence-electron chi connectivity index (χ0n) is 9.13. The highest BCUT2D eigenvalue weighted by atomic mass is 15.1. The van der Waals surface area contributed by atoms with Crippen LogP contribution in [0.4, 0.5) is 0 Å². The highest BCUT2D eigenvalue weighted by Crippen LogP contribution is 2.23. The van der Waals surface area contributed by atoms with Crippen LogP contribution < -0.4 is 5.73 Å². The minimum absolute atomic E-state index is 0.0441. The summed E-state index contributed by atoms with van der Waals surface area (Å²) in [6.45, 7) is 10.4. The van der Waals surface area contributed by atoms with E-state index in [9.17, 15) is 0 Å². The van der Waals surface area contributed by atoms with E-state index in [0.717, 1.165) is 5.69 Å². The Hall–Kier alpha value is -0.830. The number of aromatic nitrogens is 2. The molecule has 0 spiro atoms. The van der Waals surface area contributed by atoms with Gasteiger partial charge in [-0.3, -0.25) is 0 Å². The predicted molar refractivity (Wildman–Crippen MR) is 54.4 cm³/mol. The summed E-state index contributed by atoms with van der Waals surface area (Å²) in [6, 6.07) is 0. The zero-order valence-corrected chi connectivity index (χ0v) is 9.13.